The summed E-state index contributed by atoms with van der Waals surface area (Å²) in [5.74, 6) is -0.163. The molecule has 0 unspecified atom stereocenters. The maximum atomic E-state index is 11.9. The van der Waals surface area contributed by atoms with Crippen LogP contribution in [0.25, 0.3) is 12.2 Å². The fourth-order valence-electron chi connectivity index (χ4n) is 3.97. The molecule has 0 heterocycles. The van der Waals surface area contributed by atoms with Crippen LogP contribution in [0.1, 0.15) is 22.3 Å². The summed E-state index contributed by atoms with van der Waals surface area (Å²) < 4.78 is 0. The van der Waals surface area contributed by atoms with Crippen molar-refractivity contribution in [3.8, 4) is 0 Å². The number of nitrogens with one attached hydrogen (secondary N) is 2. The van der Waals surface area contributed by atoms with Crippen LogP contribution in [-0.2, 0) is 30.0 Å². The van der Waals surface area contributed by atoms with Gasteiger partial charge in [0.15, 0.2) is 0 Å². The van der Waals surface area contributed by atoms with E-state index in [4.69, 9.17) is 0 Å². The Bertz CT molecular complexity index is 1470. The van der Waals surface area contributed by atoms with Crippen LogP contribution in [0.3, 0.4) is 0 Å². The Morgan fingerprint density at radius 1 is 0.436 bits per heavy atom. The first-order valence-electron chi connectivity index (χ1n) is 12.1. The van der Waals surface area contributed by atoms with Gasteiger partial charge in [-0.25, -0.2) is 0 Å². The second-order valence-corrected chi connectivity index (χ2v) is 8.45. The summed E-state index contributed by atoms with van der Waals surface area (Å²) in [7, 11) is 0. The minimum Gasteiger partial charge on any atom is -0.287 e. The van der Waals surface area contributed by atoms with Crippen LogP contribution in [-0.4, -0.2) is 23.0 Å². The third-order valence-electron chi connectivity index (χ3n) is 5.87. The predicted octanol–water partition coefficient (Wildman–Crippen LogP) is 6.19. The molecule has 0 aliphatic heterocycles. The smallest absolute Gasteiger partial charge is 0.206 e. The van der Waals surface area contributed by atoms with Crippen molar-refractivity contribution in [1.82, 2.24) is 0 Å². The zero-order chi connectivity index (χ0) is 26.2. The number of fused-ring (bicyclic) bond motifs is 2. The molecule has 0 saturated heterocycles. The number of carbonyl (C=O) groups is 2. The quantitative estimate of drug-likeness (QED) is 0.215. The van der Waals surface area contributed by atoms with Crippen LogP contribution in [0.2, 0.25) is 0 Å². The summed E-state index contributed by atoms with van der Waals surface area (Å²) in [5.41, 5.74) is 12.2. The molecule has 39 heavy (non-hydrogen) atoms. The van der Waals surface area contributed by atoms with E-state index in [1.165, 1.54) is 0 Å². The Balaban J connectivity index is 0.000000176. The van der Waals surface area contributed by atoms with Crippen molar-refractivity contribution in [2.75, 3.05) is 10.9 Å². The second kappa shape index (κ2) is 13.2. The minimum absolute atomic E-state index is 0. The average Bonchev–Trinajstić information content (AvgIpc) is 2.97. The topological polar surface area (TPSA) is 82.9 Å². The number of para-hydroxylation sites is 2. The molecule has 4 aromatic carbocycles. The van der Waals surface area contributed by atoms with Gasteiger partial charge in [0.1, 0.15) is 11.4 Å². The molecule has 0 aromatic heterocycles. The van der Waals surface area contributed by atoms with E-state index in [1.807, 2.05) is 121 Å². The summed E-state index contributed by atoms with van der Waals surface area (Å²) in [6.07, 6.45) is 6.74. The average molecular weight is 603 g/mol. The van der Waals surface area contributed by atoms with Gasteiger partial charge < -0.3 is 0 Å². The summed E-state index contributed by atoms with van der Waals surface area (Å²) >= 11 is 0. The van der Waals surface area contributed by atoms with Gasteiger partial charge in [0.2, 0.25) is 11.6 Å². The predicted molar refractivity (Wildman–Crippen MR) is 154 cm³/mol. The summed E-state index contributed by atoms with van der Waals surface area (Å²) in [4.78, 5) is 23.8. The zero-order valence-corrected chi connectivity index (χ0v) is 22.3. The summed E-state index contributed by atoms with van der Waals surface area (Å²) in [6.45, 7) is 0. The Kier molecular flexibility index (Phi) is 9.26. The third kappa shape index (κ3) is 6.79. The van der Waals surface area contributed by atoms with Gasteiger partial charge in [0.05, 0.1) is 11.4 Å². The van der Waals surface area contributed by atoms with Gasteiger partial charge >= 0.3 is 0 Å². The maximum Gasteiger partial charge on any atom is 0.206 e. The number of ketones is 2. The third-order valence-corrected chi connectivity index (χ3v) is 5.87. The van der Waals surface area contributed by atoms with Gasteiger partial charge in [-0.2, -0.15) is 10.2 Å². The van der Waals surface area contributed by atoms with Gasteiger partial charge in [-0.05, 0) is 47.5 Å². The first-order chi connectivity index (χ1) is 18.7. The van der Waals surface area contributed by atoms with Crippen LogP contribution in [0.5, 0.6) is 0 Å². The van der Waals surface area contributed by atoms with Crippen molar-refractivity contribution < 1.29 is 30.0 Å². The first-order valence-corrected chi connectivity index (χ1v) is 12.1. The molecular formula is C32H24N4O2Pd. The fraction of sp³-hybridized carbons (Fsp3) is 0. The SMILES string of the molecule is O=C1C=Cc2ccccc2/C1=N/Nc1ccccc1.O=C1C=Cc2ccccc2/C1=N/Nc1ccccc1.[Pd]. The molecular weight excluding hydrogens is 579 g/mol. The van der Waals surface area contributed by atoms with E-state index >= 15 is 0 Å². The van der Waals surface area contributed by atoms with Crippen molar-refractivity contribution in [3.63, 3.8) is 0 Å². The first kappa shape index (κ1) is 27.3. The van der Waals surface area contributed by atoms with Crippen LogP contribution >= 0.6 is 0 Å². The molecule has 7 heteroatoms. The Hall–Kier alpha value is -4.70. The minimum atomic E-state index is -0.0814. The second-order valence-electron chi connectivity index (χ2n) is 8.45. The van der Waals surface area contributed by atoms with E-state index in [0.29, 0.717) is 11.4 Å². The van der Waals surface area contributed by atoms with Crippen molar-refractivity contribution in [2.45, 2.75) is 0 Å². The molecule has 0 saturated carbocycles. The van der Waals surface area contributed by atoms with Gasteiger partial charge in [0, 0.05) is 31.5 Å². The van der Waals surface area contributed by atoms with Crippen molar-refractivity contribution in [3.05, 3.63) is 144 Å². The normalized spacial score (nSPS) is 15.0. The van der Waals surface area contributed by atoms with E-state index in [0.717, 1.165) is 33.6 Å². The molecule has 2 aliphatic rings. The van der Waals surface area contributed by atoms with Gasteiger partial charge in [-0.3, -0.25) is 20.4 Å². The van der Waals surface area contributed by atoms with Crippen LogP contribution in [0.15, 0.2) is 132 Å². The van der Waals surface area contributed by atoms with Crippen molar-refractivity contribution in [2.24, 2.45) is 10.2 Å². The molecule has 2 aliphatic carbocycles. The molecule has 2 N–H and O–H groups in total. The number of hydrogen-bond donors (Lipinski definition) is 2. The van der Waals surface area contributed by atoms with Crippen LogP contribution < -0.4 is 10.9 Å². The monoisotopic (exact) mass is 602 g/mol. The molecule has 0 spiro atoms. The summed E-state index contributed by atoms with van der Waals surface area (Å²) in [6, 6.07) is 34.6. The molecule has 0 atom stereocenters. The number of carbonyl (C=O) groups excluding carboxylic acids is 2. The largest absolute Gasteiger partial charge is 0.287 e. The molecule has 6 rings (SSSR count). The molecule has 0 amide bonds. The number of hydrogen-bond acceptors (Lipinski definition) is 6. The molecule has 4 aromatic rings. The molecule has 0 bridgehead atoms. The van der Waals surface area contributed by atoms with Gasteiger partial charge in [-0.1, -0.05) is 97.1 Å². The standard InChI is InChI=1S/2C16H12N2O.Pd/c2*19-15-11-10-12-6-4-5-9-14(12)16(15)18-17-13-7-2-1-3-8-13;/h2*1-11,17H;/b2*18-16-;. The molecule has 0 fully saturated rings. The molecule has 194 valence electrons. The fourth-order valence-corrected chi connectivity index (χ4v) is 3.97. The number of anilines is 2. The van der Waals surface area contributed by atoms with E-state index in [2.05, 4.69) is 21.1 Å². The molecule has 0 radical (unpaired) electrons. The van der Waals surface area contributed by atoms with Crippen molar-refractivity contribution >= 4 is 46.5 Å². The van der Waals surface area contributed by atoms with E-state index in [9.17, 15) is 9.59 Å². The van der Waals surface area contributed by atoms with E-state index < -0.39 is 0 Å². The van der Waals surface area contributed by atoms with E-state index in [1.54, 1.807) is 12.2 Å². The summed E-state index contributed by atoms with van der Waals surface area (Å²) in [5, 5.41) is 8.48. The number of benzene rings is 4. The number of rotatable bonds is 4. The van der Waals surface area contributed by atoms with Crippen LogP contribution in [0.4, 0.5) is 11.4 Å². The Morgan fingerprint density at radius 3 is 1.21 bits per heavy atom. The Morgan fingerprint density at radius 2 is 0.795 bits per heavy atom. The maximum absolute atomic E-state index is 11.9. The van der Waals surface area contributed by atoms with Crippen LogP contribution in [0, 0.1) is 0 Å². The van der Waals surface area contributed by atoms with E-state index in [-0.39, 0.29) is 32.0 Å². The Labute approximate surface area is 240 Å². The van der Waals surface area contributed by atoms with Crippen molar-refractivity contribution in [1.29, 1.82) is 0 Å². The number of allylic oxidation sites excluding steroid dienone is 2. The van der Waals surface area contributed by atoms with Gasteiger partial charge in [0.25, 0.3) is 0 Å². The number of nitrogens with zero attached hydrogens (tertiary/aromatic N) is 2. The molecule has 6 nitrogen and oxygen atoms in total. The van der Waals surface area contributed by atoms with Gasteiger partial charge in [-0.15, -0.1) is 0 Å². The number of hydrazone groups is 2. The zero-order valence-electron chi connectivity index (χ0n) is 20.7.